The fourth-order valence-corrected chi connectivity index (χ4v) is 5.71. The second-order valence-corrected chi connectivity index (χ2v) is 9.66. The Labute approximate surface area is 177 Å². The molecular formula is C23H43N3O3. The van der Waals surface area contributed by atoms with E-state index < -0.39 is 0 Å². The summed E-state index contributed by atoms with van der Waals surface area (Å²) in [5.41, 5.74) is 0. The van der Waals surface area contributed by atoms with Gasteiger partial charge in [0.25, 0.3) is 0 Å². The van der Waals surface area contributed by atoms with Crippen LogP contribution in [0.4, 0.5) is 0 Å². The maximum absolute atomic E-state index is 13.1. The van der Waals surface area contributed by atoms with Crippen molar-refractivity contribution in [3.63, 3.8) is 0 Å². The van der Waals surface area contributed by atoms with Crippen molar-refractivity contribution >= 4 is 5.91 Å². The zero-order valence-electron chi connectivity index (χ0n) is 19.2. The summed E-state index contributed by atoms with van der Waals surface area (Å²) < 4.78 is 12.1. The Balaban J connectivity index is 1.63. The second kappa shape index (κ2) is 10.6. The van der Waals surface area contributed by atoms with Crippen LogP contribution in [0.25, 0.3) is 0 Å². The number of carbonyl (C=O) groups excluding carboxylic acids is 1. The van der Waals surface area contributed by atoms with Gasteiger partial charge in [0.2, 0.25) is 5.91 Å². The number of hydrogen-bond donors (Lipinski definition) is 0. The van der Waals surface area contributed by atoms with E-state index in [-0.39, 0.29) is 5.79 Å². The molecule has 3 aliphatic rings. The molecule has 29 heavy (non-hydrogen) atoms. The summed E-state index contributed by atoms with van der Waals surface area (Å²) in [6.07, 6.45) is 7.20. The van der Waals surface area contributed by atoms with E-state index in [9.17, 15) is 4.79 Å². The Kier molecular flexibility index (Phi) is 8.37. The number of piperidine rings is 1. The van der Waals surface area contributed by atoms with E-state index in [2.05, 4.69) is 42.6 Å². The predicted molar refractivity (Wildman–Crippen MR) is 116 cm³/mol. The van der Waals surface area contributed by atoms with Crippen LogP contribution in [0, 0.1) is 11.8 Å². The van der Waals surface area contributed by atoms with Crippen LogP contribution in [0.2, 0.25) is 0 Å². The number of ether oxygens (including phenoxy) is 2. The maximum Gasteiger partial charge on any atom is 0.222 e. The molecule has 6 heteroatoms. The number of carbonyl (C=O) groups is 1. The van der Waals surface area contributed by atoms with Gasteiger partial charge in [0.1, 0.15) is 0 Å². The second-order valence-electron chi connectivity index (χ2n) is 9.66. The molecule has 0 aromatic rings. The predicted octanol–water partition coefficient (Wildman–Crippen LogP) is 2.82. The number of hydrogen-bond acceptors (Lipinski definition) is 5. The molecule has 2 saturated heterocycles. The topological polar surface area (TPSA) is 45.2 Å². The SMILES string of the molecule is CCCN(CCN(C)C)C(=O)C[C@H]1C[C@@H]2CC3(CC[C@H]2N(CCC)C1)OCCO3. The molecule has 3 fully saturated rings. The van der Waals surface area contributed by atoms with Crippen molar-refractivity contribution in [3.8, 4) is 0 Å². The van der Waals surface area contributed by atoms with Crippen LogP contribution in [-0.4, -0.2) is 92.5 Å². The maximum atomic E-state index is 13.1. The molecule has 0 aromatic carbocycles. The Morgan fingerprint density at radius 2 is 1.86 bits per heavy atom. The van der Waals surface area contributed by atoms with Crippen LogP contribution < -0.4 is 0 Å². The lowest BCUT2D eigenvalue weighted by Gasteiger charge is -2.51. The molecule has 3 rings (SSSR count). The zero-order valence-corrected chi connectivity index (χ0v) is 19.2. The van der Waals surface area contributed by atoms with Crippen molar-refractivity contribution in [2.24, 2.45) is 11.8 Å². The van der Waals surface area contributed by atoms with Crippen LogP contribution in [-0.2, 0) is 14.3 Å². The van der Waals surface area contributed by atoms with Crippen molar-refractivity contribution < 1.29 is 14.3 Å². The van der Waals surface area contributed by atoms with Gasteiger partial charge < -0.3 is 19.3 Å². The van der Waals surface area contributed by atoms with E-state index in [1.807, 2.05) is 0 Å². The summed E-state index contributed by atoms with van der Waals surface area (Å²) in [5.74, 6) is 1.05. The zero-order chi connectivity index (χ0) is 20.9. The molecule has 0 N–H and O–H groups in total. The van der Waals surface area contributed by atoms with Gasteiger partial charge in [0.15, 0.2) is 5.79 Å². The number of likely N-dealkylation sites (N-methyl/N-ethyl adjacent to an activating group) is 1. The number of nitrogens with zero attached hydrogens (tertiary/aromatic N) is 3. The highest BCUT2D eigenvalue weighted by molar-refractivity contribution is 5.76. The third-order valence-electron chi connectivity index (χ3n) is 6.99. The van der Waals surface area contributed by atoms with Gasteiger partial charge in [-0.3, -0.25) is 9.69 Å². The monoisotopic (exact) mass is 409 g/mol. The van der Waals surface area contributed by atoms with Crippen LogP contribution in [0.3, 0.4) is 0 Å². The van der Waals surface area contributed by atoms with Crippen molar-refractivity contribution in [3.05, 3.63) is 0 Å². The molecule has 1 saturated carbocycles. The van der Waals surface area contributed by atoms with Gasteiger partial charge in [-0.1, -0.05) is 13.8 Å². The molecule has 0 aromatic heterocycles. The fourth-order valence-electron chi connectivity index (χ4n) is 5.71. The molecule has 1 amide bonds. The van der Waals surface area contributed by atoms with E-state index in [4.69, 9.17) is 9.47 Å². The minimum absolute atomic E-state index is 0.328. The standard InChI is InChI=1S/C23H43N3O3/c1-5-9-25(12-11-24(3)4)22(27)16-19-15-20-17-23(28-13-14-29-23)8-7-21(20)26(18-19)10-6-2/h19-21H,5-18H2,1-4H3/t19-,20-,21-/m1/s1. The number of fused-ring (bicyclic) bond motifs is 1. The lowest BCUT2D eigenvalue weighted by Crippen LogP contribution is -2.55. The molecule has 1 aliphatic carbocycles. The average Bonchev–Trinajstić information content (AvgIpc) is 3.12. The molecule has 2 aliphatic heterocycles. The van der Waals surface area contributed by atoms with Gasteiger partial charge in [-0.2, -0.15) is 0 Å². The first-order chi connectivity index (χ1) is 14.0. The van der Waals surface area contributed by atoms with Gasteiger partial charge in [0.05, 0.1) is 13.2 Å². The lowest BCUT2D eigenvalue weighted by molar-refractivity contribution is -0.203. The summed E-state index contributed by atoms with van der Waals surface area (Å²) in [6.45, 7) is 10.7. The number of amides is 1. The summed E-state index contributed by atoms with van der Waals surface area (Å²) >= 11 is 0. The molecule has 0 bridgehead atoms. The van der Waals surface area contributed by atoms with Crippen LogP contribution in [0.5, 0.6) is 0 Å². The lowest BCUT2D eigenvalue weighted by atomic mass is 9.72. The largest absolute Gasteiger partial charge is 0.348 e. The molecule has 0 radical (unpaired) electrons. The fraction of sp³-hybridized carbons (Fsp3) is 0.957. The van der Waals surface area contributed by atoms with Crippen molar-refractivity contribution in [1.82, 2.24) is 14.7 Å². The molecule has 6 nitrogen and oxygen atoms in total. The van der Waals surface area contributed by atoms with Gasteiger partial charge in [0, 0.05) is 51.5 Å². The first-order valence-corrected chi connectivity index (χ1v) is 11.9. The molecule has 3 atom stereocenters. The van der Waals surface area contributed by atoms with Crippen LogP contribution in [0.1, 0.15) is 58.8 Å². The van der Waals surface area contributed by atoms with E-state index in [1.54, 1.807) is 0 Å². The van der Waals surface area contributed by atoms with Gasteiger partial charge in [-0.15, -0.1) is 0 Å². The van der Waals surface area contributed by atoms with Crippen LogP contribution >= 0.6 is 0 Å². The Hall–Kier alpha value is -0.690. The summed E-state index contributed by atoms with van der Waals surface area (Å²) in [5, 5.41) is 0. The molecule has 168 valence electrons. The third kappa shape index (κ3) is 5.93. The highest BCUT2D eigenvalue weighted by Crippen LogP contribution is 2.45. The molecule has 0 unspecified atom stereocenters. The minimum Gasteiger partial charge on any atom is -0.348 e. The number of rotatable bonds is 9. The van der Waals surface area contributed by atoms with Crippen LogP contribution in [0.15, 0.2) is 0 Å². The first-order valence-electron chi connectivity index (χ1n) is 11.9. The first kappa shape index (κ1) is 23.0. The van der Waals surface area contributed by atoms with Crippen molar-refractivity contribution in [2.75, 3.05) is 60.0 Å². The average molecular weight is 410 g/mol. The van der Waals surface area contributed by atoms with Gasteiger partial charge in [-0.05, 0) is 58.2 Å². The van der Waals surface area contributed by atoms with E-state index in [1.165, 1.54) is 6.42 Å². The Morgan fingerprint density at radius 3 is 2.52 bits per heavy atom. The van der Waals surface area contributed by atoms with Crippen molar-refractivity contribution in [2.45, 2.75) is 70.6 Å². The van der Waals surface area contributed by atoms with E-state index >= 15 is 0 Å². The smallest absolute Gasteiger partial charge is 0.222 e. The quantitative estimate of drug-likeness (QED) is 0.586. The third-order valence-corrected chi connectivity index (χ3v) is 6.99. The molecular weight excluding hydrogens is 366 g/mol. The minimum atomic E-state index is -0.328. The van der Waals surface area contributed by atoms with Gasteiger partial charge in [-0.25, -0.2) is 0 Å². The van der Waals surface area contributed by atoms with E-state index in [0.717, 1.165) is 78.0 Å². The summed E-state index contributed by atoms with van der Waals surface area (Å²) in [6, 6.07) is 0.639. The molecule has 1 spiro atoms. The Bertz CT molecular complexity index is 521. The summed E-state index contributed by atoms with van der Waals surface area (Å²) in [7, 11) is 4.15. The summed E-state index contributed by atoms with van der Waals surface area (Å²) in [4.78, 5) is 20.1. The number of likely N-dealkylation sites (tertiary alicyclic amines) is 1. The molecule has 2 heterocycles. The Morgan fingerprint density at radius 1 is 1.10 bits per heavy atom. The normalized spacial score (nSPS) is 29.3. The van der Waals surface area contributed by atoms with Crippen molar-refractivity contribution in [1.29, 1.82) is 0 Å². The highest BCUT2D eigenvalue weighted by Gasteiger charge is 2.49. The highest BCUT2D eigenvalue weighted by atomic mass is 16.7. The van der Waals surface area contributed by atoms with E-state index in [0.29, 0.717) is 30.2 Å². The van der Waals surface area contributed by atoms with Gasteiger partial charge >= 0.3 is 0 Å².